The Kier molecular flexibility index (Phi) is 8.26. The second-order valence-corrected chi connectivity index (χ2v) is 8.68. The second kappa shape index (κ2) is 11.1. The lowest BCUT2D eigenvalue weighted by Crippen LogP contribution is -2.33. The maximum Gasteiger partial charge on any atom is 0.260 e. The van der Waals surface area contributed by atoms with Crippen molar-refractivity contribution in [1.82, 2.24) is 9.88 Å². The predicted octanol–water partition coefficient (Wildman–Crippen LogP) is 5.08. The molecule has 0 fully saturated rings. The zero-order valence-electron chi connectivity index (χ0n) is 18.8. The summed E-state index contributed by atoms with van der Waals surface area (Å²) in [4.78, 5) is 22.0. The van der Waals surface area contributed by atoms with E-state index in [1.54, 1.807) is 12.0 Å². The van der Waals surface area contributed by atoms with Crippen LogP contribution in [0.2, 0.25) is 0 Å². The lowest BCUT2D eigenvalue weighted by molar-refractivity contribution is 0.0986. The molecule has 1 heterocycles. The Balaban J connectivity index is 1.83. The van der Waals surface area contributed by atoms with E-state index in [9.17, 15) is 4.79 Å². The number of unbranched alkanes of at least 4 members (excludes halogenated alkanes) is 1. The molecule has 7 heteroatoms. The highest BCUT2D eigenvalue weighted by molar-refractivity contribution is 7.22. The summed E-state index contributed by atoms with van der Waals surface area (Å²) >= 11 is 1.52. The molecule has 0 saturated carbocycles. The quantitative estimate of drug-likeness (QED) is 0.388. The van der Waals surface area contributed by atoms with Gasteiger partial charge >= 0.3 is 0 Å². The van der Waals surface area contributed by atoms with E-state index in [-0.39, 0.29) is 5.91 Å². The van der Waals surface area contributed by atoms with Gasteiger partial charge in [-0.05, 0) is 69.9 Å². The predicted molar refractivity (Wildman–Crippen MR) is 128 cm³/mol. The zero-order valence-corrected chi connectivity index (χ0v) is 19.6. The molecule has 31 heavy (non-hydrogen) atoms. The average molecular weight is 442 g/mol. The Hall–Kier alpha value is -2.64. The number of ether oxygens (including phenoxy) is 2. The standard InChI is InChI=1S/C24H31N3O3S/c1-5-6-16-30-19-10-8-18(9-11-19)23(28)27(15-7-14-26(2)3)24-25-21-17-20(29-4)12-13-22(21)31-24/h8-13,17H,5-7,14-16H2,1-4H3. The van der Waals surface area contributed by atoms with Crippen LogP contribution in [0.1, 0.15) is 36.5 Å². The normalized spacial score (nSPS) is 11.1. The molecule has 166 valence electrons. The van der Waals surface area contributed by atoms with Crippen LogP contribution in [0.3, 0.4) is 0 Å². The largest absolute Gasteiger partial charge is 0.497 e. The van der Waals surface area contributed by atoms with Crippen molar-refractivity contribution >= 4 is 32.6 Å². The van der Waals surface area contributed by atoms with E-state index in [2.05, 4.69) is 11.8 Å². The maximum absolute atomic E-state index is 13.4. The van der Waals surface area contributed by atoms with E-state index in [0.29, 0.717) is 23.8 Å². The summed E-state index contributed by atoms with van der Waals surface area (Å²) < 4.78 is 12.1. The van der Waals surface area contributed by atoms with Gasteiger partial charge in [0.2, 0.25) is 0 Å². The van der Waals surface area contributed by atoms with Gasteiger partial charge in [-0.2, -0.15) is 0 Å². The Morgan fingerprint density at radius 2 is 1.77 bits per heavy atom. The Bertz CT molecular complexity index is 985. The summed E-state index contributed by atoms with van der Waals surface area (Å²) in [7, 11) is 5.71. The van der Waals surface area contributed by atoms with Gasteiger partial charge < -0.3 is 14.4 Å². The van der Waals surface area contributed by atoms with E-state index in [4.69, 9.17) is 14.5 Å². The van der Waals surface area contributed by atoms with Gasteiger partial charge in [0.15, 0.2) is 5.13 Å². The van der Waals surface area contributed by atoms with E-state index >= 15 is 0 Å². The minimum absolute atomic E-state index is 0.0510. The molecule has 0 atom stereocenters. The van der Waals surface area contributed by atoms with Crippen molar-refractivity contribution in [2.45, 2.75) is 26.2 Å². The van der Waals surface area contributed by atoms with Crippen LogP contribution in [0, 0.1) is 0 Å². The van der Waals surface area contributed by atoms with Crippen molar-refractivity contribution in [2.24, 2.45) is 0 Å². The number of amides is 1. The van der Waals surface area contributed by atoms with Crippen LogP contribution in [-0.2, 0) is 0 Å². The number of carbonyl (C=O) groups is 1. The van der Waals surface area contributed by atoms with E-state index < -0.39 is 0 Å². The number of carbonyl (C=O) groups excluding carboxylic acids is 1. The highest BCUT2D eigenvalue weighted by Crippen LogP contribution is 2.32. The molecule has 0 aliphatic heterocycles. The number of nitrogens with zero attached hydrogens (tertiary/aromatic N) is 3. The maximum atomic E-state index is 13.4. The monoisotopic (exact) mass is 441 g/mol. The van der Waals surface area contributed by atoms with Gasteiger partial charge in [0.25, 0.3) is 5.91 Å². The number of hydrogen-bond acceptors (Lipinski definition) is 6. The molecule has 1 amide bonds. The number of aromatic nitrogens is 1. The van der Waals surface area contributed by atoms with Crippen LogP contribution >= 0.6 is 11.3 Å². The zero-order chi connectivity index (χ0) is 22.2. The first kappa shape index (κ1) is 23.0. The molecule has 0 radical (unpaired) electrons. The summed E-state index contributed by atoms with van der Waals surface area (Å²) in [6, 6.07) is 13.2. The van der Waals surface area contributed by atoms with Gasteiger partial charge in [-0.15, -0.1) is 0 Å². The summed E-state index contributed by atoms with van der Waals surface area (Å²) in [6.07, 6.45) is 2.96. The number of thiazole rings is 1. The number of hydrogen-bond donors (Lipinski definition) is 0. The summed E-state index contributed by atoms with van der Waals surface area (Å²) in [5.74, 6) is 1.50. The van der Waals surface area contributed by atoms with Crippen molar-refractivity contribution in [1.29, 1.82) is 0 Å². The molecule has 0 saturated heterocycles. The van der Waals surface area contributed by atoms with Gasteiger partial charge in [0, 0.05) is 18.2 Å². The lowest BCUT2D eigenvalue weighted by atomic mass is 10.2. The van der Waals surface area contributed by atoms with E-state index in [1.165, 1.54) is 11.3 Å². The van der Waals surface area contributed by atoms with Gasteiger partial charge in [-0.25, -0.2) is 4.98 Å². The molecule has 0 aliphatic rings. The number of benzene rings is 2. The summed E-state index contributed by atoms with van der Waals surface area (Å²) in [5.41, 5.74) is 1.47. The summed E-state index contributed by atoms with van der Waals surface area (Å²) in [6.45, 7) is 4.32. The van der Waals surface area contributed by atoms with Crippen LogP contribution in [0.25, 0.3) is 10.2 Å². The van der Waals surface area contributed by atoms with Crippen molar-refractivity contribution < 1.29 is 14.3 Å². The number of rotatable bonds is 11. The van der Waals surface area contributed by atoms with Crippen LogP contribution in [-0.4, -0.2) is 56.7 Å². The van der Waals surface area contributed by atoms with Crippen molar-refractivity contribution in [3.63, 3.8) is 0 Å². The first-order valence-electron chi connectivity index (χ1n) is 10.7. The molecular formula is C24H31N3O3S. The van der Waals surface area contributed by atoms with E-state index in [1.807, 2.05) is 56.6 Å². The molecule has 0 N–H and O–H groups in total. The van der Waals surface area contributed by atoms with E-state index in [0.717, 1.165) is 47.5 Å². The minimum atomic E-state index is -0.0510. The smallest absolute Gasteiger partial charge is 0.260 e. The molecule has 1 aromatic heterocycles. The highest BCUT2D eigenvalue weighted by Gasteiger charge is 2.21. The molecule has 0 spiro atoms. The molecule has 6 nitrogen and oxygen atoms in total. The van der Waals surface area contributed by atoms with Crippen LogP contribution in [0.15, 0.2) is 42.5 Å². The fraction of sp³-hybridized carbons (Fsp3) is 0.417. The third kappa shape index (κ3) is 6.18. The molecular weight excluding hydrogens is 410 g/mol. The average Bonchev–Trinajstić information content (AvgIpc) is 3.19. The molecule has 0 aliphatic carbocycles. The van der Waals surface area contributed by atoms with Gasteiger partial charge in [0.05, 0.1) is 23.9 Å². The highest BCUT2D eigenvalue weighted by atomic mass is 32.1. The Labute approximate surface area is 188 Å². The number of fused-ring (bicyclic) bond motifs is 1. The van der Waals surface area contributed by atoms with Gasteiger partial charge in [-0.1, -0.05) is 24.7 Å². The van der Waals surface area contributed by atoms with Crippen molar-refractivity contribution in [3.05, 3.63) is 48.0 Å². The first-order chi connectivity index (χ1) is 15.0. The minimum Gasteiger partial charge on any atom is -0.497 e. The Morgan fingerprint density at radius 3 is 2.45 bits per heavy atom. The van der Waals surface area contributed by atoms with Gasteiger partial charge in [0.1, 0.15) is 11.5 Å². The lowest BCUT2D eigenvalue weighted by Gasteiger charge is -2.21. The SMILES string of the molecule is CCCCOc1ccc(C(=O)N(CCCN(C)C)c2nc3cc(OC)ccc3s2)cc1. The molecule has 3 rings (SSSR count). The fourth-order valence-electron chi connectivity index (χ4n) is 3.15. The van der Waals surface area contributed by atoms with Crippen LogP contribution in [0.5, 0.6) is 11.5 Å². The molecule has 3 aromatic rings. The first-order valence-corrected chi connectivity index (χ1v) is 11.5. The molecule has 0 unspecified atom stereocenters. The van der Waals surface area contributed by atoms with Crippen molar-refractivity contribution in [2.75, 3.05) is 45.8 Å². The Morgan fingerprint density at radius 1 is 1.03 bits per heavy atom. The number of anilines is 1. The van der Waals surface area contributed by atoms with Crippen molar-refractivity contribution in [3.8, 4) is 11.5 Å². The van der Waals surface area contributed by atoms with Crippen LogP contribution in [0.4, 0.5) is 5.13 Å². The topological polar surface area (TPSA) is 54.9 Å². The molecule has 2 aromatic carbocycles. The number of methoxy groups -OCH3 is 1. The summed E-state index contributed by atoms with van der Waals surface area (Å²) in [5, 5.41) is 0.704. The second-order valence-electron chi connectivity index (χ2n) is 7.67. The van der Waals surface area contributed by atoms with Crippen LogP contribution < -0.4 is 14.4 Å². The fourth-order valence-corrected chi connectivity index (χ4v) is 4.12. The third-order valence-electron chi connectivity index (χ3n) is 4.91. The third-order valence-corrected chi connectivity index (χ3v) is 5.97. The molecule has 0 bridgehead atoms. The van der Waals surface area contributed by atoms with Gasteiger partial charge in [-0.3, -0.25) is 9.69 Å².